The summed E-state index contributed by atoms with van der Waals surface area (Å²) in [6.45, 7) is 1.74. The van der Waals surface area contributed by atoms with Crippen molar-refractivity contribution in [1.82, 2.24) is 0 Å². The lowest BCUT2D eigenvalue weighted by molar-refractivity contribution is 0.111. The molecule has 0 saturated carbocycles. The highest BCUT2D eigenvalue weighted by molar-refractivity contribution is 7.17. The van der Waals surface area contributed by atoms with E-state index in [-0.39, 0.29) is 5.56 Å². The Bertz CT molecular complexity index is 473. The smallest absolute Gasteiger partial charge is 0.153 e. The zero-order valence-electron chi connectivity index (χ0n) is 7.00. The molecule has 66 valence electrons. The van der Waals surface area contributed by atoms with Crippen LogP contribution in [0.5, 0.6) is 0 Å². The molecule has 0 aliphatic heterocycles. The molecule has 0 bridgehead atoms. The minimum absolute atomic E-state index is 0.172. The molecule has 13 heavy (non-hydrogen) atoms. The number of fused-ring (bicyclic) bond motifs is 1. The van der Waals surface area contributed by atoms with E-state index < -0.39 is 5.82 Å². The number of aldehydes is 1. The maximum atomic E-state index is 13.5. The summed E-state index contributed by atoms with van der Waals surface area (Å²) in [6.07, 6.45) is 0.571. The first-order valence-electron chi connectivity index (χ1n) is 3.85. The molecule has 0 aliphatic carbocycles. The molecule has 1 heterocycles. The van der Waals surface area contributed by atoms with Crippen LogP contribution in [0.1, 0.15) is 15.9 Å². The summed E-state index contributed by atoms with van der Waals surface area (Å²) in [7, 11) is 0. The van der Waals surface area contributed by atoms with Crippen LogP contribution in [-0.4, -0.2) is 6.29 Å². The van der Waals surface area contributed by atoms with Gasteiger partial charge in [0.2, 0.25) is 0 Å². The fourth-order valence-electron chi connectivity index (χ4n) is 1.35. The molecule has 3 heteroatoms. The zero-order chi connectivity index (χ0) is 9.42. The van der Waals surface area contributed by atoms with Crippen molar-refractivity contribution in [2.75, 3.05) is 0 Å². The third-order valence-corrected chi connectivity index (χ3v) is 2.92. The molecule has 0 atom stereocenters. The third-order valence-electron chi connectivity index (χ3n) is 2.06. The van der Waals surface area contributed by atoms with Gasteiger partial charge in [-0.05, 0) is 30.0 Å². The summed E-state index contributed by atoms with van der Waals surface area (Å²) in [5, 5.41) is 2.36. The molecule has 0 radical (unpaired) electrons. The van der Waals surface area contributed by atoms with Crippen molar-refractivity contribution in [1.29, 1.82) is 0 Å². The van der Waals surface area contributed by atoms with Crippen molar-refractivity contribution >= 4 is 27.7 Å². The van der Waals surface area contributed by atoms with Crippen LogP contribution in [0.15, 0.2) is 17.5 Å². The Kier molecular flexibility index (Phi) is 1.88. The monoisotopic (exact) mass is 194 g/mol. The standard InChI is InChI=1S/C10H7FOS/c1-6-4-9-7(2-3-13-9)10(11)8(6)5-12/h2-5H,1H3. The van der Waals surface area contributed by atoms with Crippen LogP contribution in [0, 0.1) is 12.7 Å². The molecule has 0 unspecified atom stereocenters. The van der Waals surface area contributed by atoms with E-state index in [1.807, 2.05) is 11.4 Å². The van der Waals surface area contributed by atoms with Gasteiger partial charge in [0, 0.05) is 10.1 Å². The lowest BCUT2D eigenvalue weighted by atomic mass is 10.1. The Hall–Kier alpha value is -1.22. The number of halogens is 1. The first kappa shape index (κ1) is 8.38. The Labute approximate surface area is 78.8 Å². The van der Waals surface area contributed by atoms with Crippen molar-refractivity contribution < 1.29 is 9.18 Å². The van der Waals surface area contributed by atoms with Crippen LogP contribution < -0.4 is 0 Å². The zero-order valence-corrected chi connectivity index (χ0v) is 7.82. The van der Waals surface area contributed by atoms with E-state index >= 15 is 0 Å². The van der Waals surface area contributed by atoms with Crippen LogP contribution in [-0.2, 0) is 0 Å². The minimum atomic E-state index is -0.397. The molecule has 0 N–H and O–H groups in total. The number of hydrogen-bond donors (Lipinski definition) is 0. The summed E-state index contributed by atoms with van der Waals surface area (Å²) in [5.41, 5.74) is 0.869. The highest BCUT2D eigenvalue weighted by Gasteiger charge is 2.10. The van der Waals surface area contributed by atoms with Gasteiger partial charge in [-0.2, -0.15) is 0 Å². The average molecular weight is 194 g/mol. The summed E-state index contributed by atoms with van der Waals surface area (Å²) in [5.74, 6) is -0.397. The Morgan fingerprint density at radius 1 is 1.54 bits per heavy atom. The molecule has 0 amide bonds. The number of benzene rings is 1. The van der Waals surface area contributed by atoms with E-state index in [2.05, 4.69) is 0 Å². The molecule has 1 nitrogen and oxygen atoms in total. The summed E-state index contributed by atoms with van der Waals surface area (Å²) < 4.78 is 14.4. The molecule has 0 saturated heterocycles. The first-order chi connectivity index (χ1) is 6.24. The predicted octanol–water partition coefficient (Wildman–Crippen LogP) is 3.16. The second-order valence-electron chi connectivity index (χ2n) is 2.87. The number of thiophene rings is 1. The van der Waals surface area contributed by atoms with E-state index in [4.69, 9.17) is 0 Å². The molecule has 0 aliphatic rings. The van der Waals surface area contributed by atoms with Gasteiger partial charge in [0.1, 0.15) is 5.82 Å². The van der Waals surface area contributed by atoms with Crippen molar-refractivity contribution in [3.05, 3.63) is 34.5 Å². The van der Waals surface area contributed by atoms with Crippen LogP contribution in [0.25, 0.3) is 10.1 Å². The molecule has 2 aromatic rings. The van der Waals surface area contributed by atoms with Crippen LogP contribution in [0.4, 0.5) is 4.39 Å². The number of aryl methyl sites for hydroxylation is 1. The molecule has 1 aromatic heterocycles. The molecule has 0 fully saturated rings. The number of carbonyl (C=O) groups is 1. The Morgan fingerprint density at radius 2 is 2.31 bits per heavy atom. The lowest BCUT2D eigenvalue weighted by Gasteiger charge is -2.00. The van der Waals surface area contributed by atoms with E-state index in [0.717, 1.165) is 4.70 Å². The molecule has 2 rings (SSSR count). The van der Waals surface area contributed by atoms with Crippen molar-refractivity contribution in [2.24, 2.45) is 0 Å². The quantitative estimate of drug-likeness (QED) is 0.637. The van der Waals surface area contributed by atoms with E-state index in [1.165, 1.54) is 11.3 Å². The third kappa shape index (κ3) is 1.16. The second kappa shape index (κ2) is 2.92. The fraction of sp³-hybridized carbons (Fsp3) is 0.100. The minimum Gasteiger partial charge on any atom is -0.298 e. The van der Waals surface area contributed by atoms with E-state index in [0.29, 0.717) is 17.2 Å². The predicted molar refractivity (Wildman–Crippen MR) is 51.9 cm³/mol. The highest BCUT2D eigenvalue weighted by Crippen LogP contribution is 2.27. The maximum Gasteiger partial charge on any atom is 0.153 e. The van der Waals surface area contributed by atoms with Crippen molar-refractivity contribution in [3.63, 3.8) is 0 Å². The maximum absolute atomic E-state index is 13.5. The van der Waals surface area contributed by atoms with Gasteiger partial charge >= 0.3 is 0 Å². The number of hydrogen-bond acceptors (Lipinski definition) is 2. The van der Waals surface area contributed by atoms with Gasteiger partial charge < -0.3 is 0 Å². The Balaban J connectivity index is 2.92. The SMILES string of the molecule is Cc1cc2sccc2c(F)c1C=O. The van der Waals surface area contributed by atoms with Gasteiger partial charge in [0.25, 0.3) is 0 Å². The van der Waals surface area contributed by atoms with Crippen LogP contribution >= 0.6 is 11.3 Å². The summed E-state index contributed by atoms with van der Waals surface area (Å²) >= 11 is 1.48. The summed E-state index contributed by atoms with van der Waals surface area (Å²) in [6, 6.07) is 3.54. The van der Waals surface area contributed by atoms with Gasteiger partial charge in [0.05, 0.1) is 5.56 Å². The van der Waals surface area contributed by atoms with Crippen LogP contribution in [0.3, 0.4) is 0 Å². The van der Waals surface area contributed by atoms with Gasteiger partial charge in [-0.3, -0.25) is 4.79 Å². The summed E-state index contributed by atoms with van der Waals surface area (Å²) in [4.78, 5) is 10.6. The van der Waals surface area contributed by atoms with E-state index in [9.17, 15) is 9.18 Å². The lowest BCUT2D eigenvalue weighted by Crippen LogP contribution is -1.91. The highest BCUT2D eigenvalue weighted by atomic mass is 32.1. The molecule has 1 aromatic carbocycles. The fourth-order valence-corrected chi connectivity index (χ4v) is 2.23. The van der Waals surface area contributed by atoms with Crippen molar-refractivity contribution in [3.8, 4) is 0 Å². The molecular formula is C10H7FOS. The first-order valence-corrected chi connectivity index (χ1v) is 4.73. The van der Waals surface area contributed by atoms with Gasteiger partial charge in [0.15, 0.2) is 6.29 Å². The Morgan fingerprint density at radius 3 is 3.00 bits per heavy atom. The van der Waals surface area contributed by atoms with Crippen molar-refractivity contribution in [2.45, 2.75) is 6.92 Å². The van der Waals surface area contributed by atoms with E-state index in [1.54, 1.807) is 13.0 Å². The average Bonchev–Trinajstić information content (AvgIpc) is 2.53. The van der Waals surface area contributed by atoms with Gasteiger partial charge in [-0.15, -0.1) is 11.3 Å². The molecule has 0 spiro atoms. The topological polar surface area (TPSA) is 17.1 Å². The largest absolute Gasteiger partial charge is 0.298 e. The van der Waals surface area contributed by atoms with Gasteiger partial charge in [-0.25, -0.2) is 4.39 Å². The van der Waals surface area contributed by atoms with Gasteiger partial charge in [-0.1, -0.05) is 0 Å². The van der Waals surface area contributed by atoms with Crippen LogP contribution in [0.2, 0.25) is 0 Å². The molecular weight excluding hydrogens is 187 g/mol. The normalized spacial score (nSPS) is 10.6. The number of rotatable bonds is 1. The second-order valence-corrected chi connectivity index (χ2v) is 3.82. The number of carbonyl (C=O) groups excluding carboxylic acids is 1.